The number of aromatic nitrogens is 1. The van der Waals surface area contributed by atoms with Crippen LogP contribution in [0.15, 0.2) is 60.8 Å². The second-order valence-corrected chi connectivity index (χ2v) is 5.97. The first kappa shape index (κ1) is 15.8. The van der Waals surface area contributed by atoms with Crippen molar-refractivity contribution in [3.8, 4) is 17.2 Å². The van der Waals surface area contributed by atoms with Gasteiger partial charge in [-0.15, -0.1) is 0 Å². The zero-order chi connectivity index (χ0) is 18.1. The average molecular weight is 342 g/mol. The standard InChI is InChI=1S/C20H14N4O2/c21-13-15-9-11-22-20(19(15)24(25)26)23-12-10-17-16(7-4-8-18(17)23)14-5-2-1-3-6-14/h1-9,11H,10,12H2. The summed E-state index contributed by atoms with van der Waals surface area (Å²) >= 11 is 0. The van der Waals surface area contributed by atoms with Crippen molar-refractivity contribution in [1.29, 1.82) is 5.26 Å². The van der Waals surface area contributed by atoms with E-state index in [0.29, 0.717) is 6.54 Å². The molecule has 1 aromatic heterocycles. The zero-order valence-corrected chi connectivity index (χ0v) is 13.8. The van der Waals surface area contributed by atoms with Gasteiger partial charge in [-0.2, -0.15) is 5.26 Å². The van der Waals surface area contributed by atoms with Gasteiger partial charge in [0.15, 0.2) is 0 Å². The number of anilines is 2. The molecule has 2 aromatic carbocycles. The Kier molecular flexibility index (Phi) is 3.82. The third-order valence-electron chi connectivity index (χ3n) is 4.58. The van der Waals surface area contributed by atoms with E-state index in [2.05, 4.69) is 23.2 Å². The summed E-state index contributed by atoms with van der Waals surface area (Å²) in [5, 5.41) is 20.8. The number of pyridine rings is 1. The fourth-order valence-corrected chi connectivity index (χ4v) is 3.45. The number of hydrogen-bond acceptors (Lipinski definition) is 5. The predicted molar refractivity (Wildman–Crippen MR) is 98.2 cm³/mol. The van der Waals surface area contributed by atoms with Gasteiger partial charge in [0.05, 0.1) is 4.92 Å². The molecular weight excluding hydrogens is 328 g/mol. The Morgan fingerprint density at radius 2 is 1.92 bits per heavy atom. The highest BCUT2D eigenvalue weighted by Crippen LogP contribution is 2.42. The van der Waals surface area contributed by atoms with Crippen LogP contribution in [0.2, 0.25) is 0 Å². The van der Waals surface area contributed by atoms with Gasteiger partial charge in [0.1, 0.15) is 11.6 Å². The molecule has 0 spiro atoms. The Hall–Kier alpha value is -3.72. The SMILES string of the molecule is N#Cc1ccnc(N2CCc3c(-c4ccccc4)cccc32)c1[N+](=O)[O-]. The Morgan fingerprint density at radius 1 is 1.12 bits per heavy atom. The molecule has 0 bridgehead atoms. The van der Waals surface area contributed by atoms with Crippen molar-refractivity contribution < 1.29 is 4.92 Å². The minimum absolute atomic E-state index is 0.0210. The first-order valence-corrected chi connectivity index (χ1v) is 8.19. The number of hydrogen-bond donors (Lipinski definition) is 0. The van der Waals surface area contributed by atoms with Crippen LogP contribution >= 0.6 is 0 Å². The van der Waals surface area contributed by atoms with E-state index in [4.69, 9.17) is 0 Å². The largest absolute Gasteiger partial charge is 0.329 e. The summed E-state index contributed by atoms with van der Waals surface area (Å²) in [5.74, 6) is 0.220. The highest BCUT2D eigenvalue weighted by atomic mass is 16.6. The van der Waals surface area contributed by atoms with Gasteiger partial charge in [-0.05, 0) is 35.2 Å². The molecule has 0 atom stereocenters. The molecule has 1 aliphatic rings. The molecule has 1 aliphatic heterocycles. The molecule has 26 heavy (non-hydrogen) atoms. The molecule has 4 rings (SSSR count). The van der Waals surface area contributed by atoms with Crippen LogP contribution in [0.3, 0.4) is 0 Å². The van der Waals surface area contributed by atoms with E-state index in [9.17, 15) is 15.4 Å². The maximum Gasteiger partial charge on any atom is 0.329 e. The molecule has 6 heteroatoms. The number of benzene rings is 2. The summed E-state index contributed by atoms with van der Waals surface area (Å²) in [6, 6.07) is 19.3. The van der Waals surface area contributed by atoms with E-state index >= 15 is 0 Å². The number of nitro groups is 1. The molecule has 3 aromatic rings. The molecule has 0 radical (unpaired) electrons. The summed E-state index contributed by atoms with van der Waals surface area (Å²) in [6.07, 6.45) is 2.20. The van der Waals surface area contributed by atoms with Crippen LogP contribution in [0.5, 0.6) is 0 Å². The Balaban J connectivity index is 1.87. The minimum Gasteiger partial charge on any atom is -0.320 e. The third-order valence-corrected chi connectivity index (χ3v) is 4.58. The van der Waals surface area contributed by atoms with Gasteiger partial charge in [0, 0.05) is 18.4 Å². The minimum atomic E-state index is -0.528. The number of nitriles is 1. The monoisotopic (exact) mass is 342 g/mol. The van der Waals surface area contributed by atoms with Crippen LogP contribution in [0.4, 0.5) is 17.2 Å². The molecule has 0 N–H and O–H groups in total. The third kappa shape index (κ3) is 2.47. The van der Waals surface area contributed by atoms with Crippen molar-refractivity contribution in [3.05, 3.63) is 82.0 Å². The quantitative estimate of drug-likeness (QED) is 0.525. The molecule has 0 amide bonds. The van der Waals surface area contributed by atoms with E-state index in [1.54, 1.807) is 0 Å². The average Bonchev–Trinajstić information content (AvgIpc) is 3.12. The van der Waals surface area contributed by atoms with Gasteiger partial charge >= 0.3 is 5.69 Å². The van der Waals surface area contributed by atoms with Crippen LogP contribution < -0.4 is 4.90 Å². The van der Waals surface area contributed by atoms with E-state index in [1.165, 1.54) is 12.3 Å². The van der Waals surface area contributed by atoms with E-state index in [0.717, 1.165) is 28.8 Å². The Bertz CT molecular complexity index is 1040. The van der Waals surface area contributed by atoms with Gasteiger partial charge in [-0.3, -0.25) is 10.1 Å². The second kappa shape index (κ2) is 6.30. The maximum absolute atomic E-state index is 11.5. The number of rotatable bonds is 3. The van der Waals surface area contributed by atoms with Crippen molar-refractivity contribution in [2.45, 2.75) is 6.42 Å². The van der Waals surface area contributed by atoms with E-state index in [1.807, 2.05) is 41.3 Å². The molecule has 0 aliphatic carbocycles. The van der Waals surface area contributed by atoms with Crippen molar-refractivity contribution in [2.24, 2.45) is 0 Å². The topological polar surface area (TPSA) is 83.1 Å². The Morgan fingerprint density at radius 3 is 2.65 bits per heavy atom. The molecule has 126 valence electrons. The second-order valence-electron chi connectivity index (χ2n) is 5.97. The summed E-state index contributed by atoms with van der Waals surface area (Å²) < 4.78 is 0. The molecule has 0 saturated heterocycles. The first-order chi connectivity index (χ1) is 12.7. The van der Waals surface area contributed by atoms with Crippen molar-refractivity contribution in [2.75, 3.05) is 11.4 Å². The molecule has 0 unspecified atom stereocenters. The lowest BCUT2D eigenvalue weighted by atomic mass is 9.98. The highest BCUT2D eigenvalue weighted by Gasteiger charge is 2.31. The highest BCUT2D eigenvalue weighted by molar-refractivity contribution is 5.82. The molecular formula is C20H14N4O2. The molecule has 0 fully saturated rings. The summed E-state index contributed by atoms with van der Waals surface area (Å²) in [4.78, 5) is 17.1. The van der Waals surface area contributed by atoms with Crippen LogP contribution in [-0.2, 0) is 6.42 Å². The smallest absolute Gasteiger partial charge is 0.320 e. The molecule has 0 saturated carbocycles. The lowest BCUT2D eigenvalue weighted by molar-refractivity contribution is -0.384. The van der Waals surface area contributed by atoms with Gasteiger partial charge in [0.2, 0.25) is 5.82 Å². The molecule has 6 nitrogen and oxygen atoms in total. The lowest BCUT2D eigenvalue weighted by Gasteiger charge is -2.19. The summed E-state index contributed by atoms with van der Waals surface area (Å²) in [7, 11) is 0. The van der Waals surface area contributed by atoms with Crippen LogP contribution in [0.1, 0.15) is 11.1 Å². The zero-order valence-electron chi connectivity index (χ0n) is 13.8. The van der Waals surface area contributed by atoms with Gasteiger partial charge in [-0.1, -0.05) is 42.5 Å². The van der Waals surface area contributed by atoms with Crippen molar-refractivity contribution in [3.63, 3.8) is 0 Å². The lowest BCUT2D eigenvalue weighted by Crippen LogP contribution is -2.17. The van der Waals surface area contributed by atoms with Crippen molar-refractivity contribution in [1.82, 2.24) is 4.98 Å². The fraction of sp³-hybridized carbons (Fsp3) is 0.100. The van der Waals surface area contributed by atoms with E-state index < -0.39 is 4.92 Å². The van der Waals surface area contributed by atoms with Gasteiger partial charge < -0.3 is 4.90 Å². The predicted octanol–water partition coefficient (Wildman–Crippen LogP) is 4.22. The van der Waals surface area contributed by atoms with Crippen molar-refractivity contribution >= 4 is 17.2 Å². The van der Waals surface area contributed by atoms with Gasteiger partial charge in [0.25, 0.3) is 0 Å². The van der Waals surface area contributed by atoms with Crippen LogP contribution in [-0.4, -0.2) is 16.5 Å². The first-order valence-electron chi connectivity index (χ1n) is 8.19. The number of fused-ring (bicyclic) bond motifs is 1. The fourth-order valence-electron chi connectivity index (χ4n) is 3.45. The Labute approximate surface area is 150 Å². The van der Waals surface area contributed by atoms with Gasteiger partial charge in [-0.25, -0.2) is 4.98 Å². The molecule has 2 heterocycles. The normalized spacial score (nSPS) is 12.5. The summed E-state index contributed by atoms with van der Waals surface area (Å²) in [6.45, 7) is 0.585. The number of nitrogens with zero attached hydrogens (tertiary/aromatic N) is 4. The summed E-state index contributed by atoms with van der Waals surface area (Å²) in [5.41, 5.74) is 4.04. The maximum atomic E-state index is 11.5. The van der Waals surface area contributed by atoms with Crippen LogP contribution in [0, 0.1) is 21.4 Å². The van der Waals surface area contributed by atoms with Crippen LogP contribution in [0.25, 0.3) is 11.1 Å². The van der Waals surface area contributed by atoms with E-state index in [-0.39, 0.29) is 17.1 Å².